The Balaban J connectivity index is 2.56. The molecule has 0 unspecified atom stereocenters. The van der Waals surface area contributed by atoms with Gasteiger partial charge in [0.05, 0.1) is 16.3 Å². The topological polar surface area (TPSA) is 91.0 Å². The van der Waals surface area contributed by atoms with Crippen LogP contribution in [0.1, 0.15) is 21.1 Å². The van der Waals surface area contributed by atoms with Crippen LogP contribution in [0, 0.1) is 12.3 Å². The molecule has 7 heteroatoms. The summed E-state index contributed by atoms with van der Waals surface area (Å²) < 4.78 is 2.53. The van der Waals surface area contributed by atoms with Crippen molar-refractivity contribution in [3.8, 4) is 0 Å². The van der Waals surface area contributed by atoms with Crippen LogP contribution in [0.4, 0.5) is 0 Å². The molecule has 0 aliphatic rings. The molecule has 18 heavy (non-hydrogen) atoms. The van der Waals surface area contributed by atoms with Crippen LogP contribution in [0.2, 0.25) is 0 Å². The number of carbonyl (C=O) groups excluding carboxylic acids is 1. The van der Waals surface area contributed by atoms with Crippen molar-refractivity contribution in [2.75, 3.05) is 13.2 Å². The van der Waals surface area contributed by atoms with E-state index in [4.69, 9.17) is 10.5 Å². The molecule has 0 fully saturated rings. The van der Waals surface area contributed by atoms with Gasteiger partial charge in [-0.1, -0.05) is 0 Å². The lowest BCUT2D eigenvalue weighted by Crippen LogP contribution is -2.29. The average Bonchev–Trinajstić information content (AvgIpc) is 2.83. The number of amides is 1. The quantitative estimate of drug-likeness (QED) is 0.710. The first-order valence-corrected chi connectivity index (χ1v) is 6.27. The maximum absolute atomic E-state index is 12.0. The summed E-state index contributed by atoms with van der Waals surface area (Å²) in [6.07, 6.45) is 1.17. The molecule has 6 nitrogen and oxygen atoms in total. The van der Waals surface area contributed by atoms with Gasteiger partial charge in [-0.15, -0.1) is 11.3 Å². The number of hydrogen-bond donors (Lipinski definition) is 3. The van der Waals surface area contributed by atoms with Gasteiger partial charge in [0.2, 0.25) is 0 Å². The van der Waals surface area contributed by atoms with Crippen LogP contribution in [-0.4, -0.2) is 39.9 Å². The Morgan fingerprint density at radius 1 is 1.67 bits per heavy atom. The monoisotopic (exact) mass is 266 g/mol. The van der Waals surface area contributed by atoms with Gasteiger partial charge in [0.15, 0.2) is 5.65 Å². The first kappa shape index (κ1) is 12.7. The van der Waals surface area contributed by atoms with Crippen molar-refractivity contribution < 1.29 is 9.90 Å². The van der Waals surface area contributed by atoms with Crippen LogP contribution in [-0.2, 0) is 7.05 Å². The van der Waals surface area contributed by atoms with Gasteiger partial charge in [-0.3, -0.25) is 4.79 Å². The highest BCUT2D eigenvalue weighted by Crippen LogP contribution is 2.29. The second kappa shape index (κ2) is 4.87. The second-order valence-electron chi connectivity index (χ2n) is 3.83. The minimum Gasteiger partial charge on any atom is -0.395 e. The summed E-state index contributed by atoms with van der Waals surface area (Å²) in [4.78, 5) is 16.3. The molecule has 0 saturated carbocycles. The zero-order valence-electron chi connectivity index (χ0n) is 10.1. The molecule has 2 rings (SSSR count). The van der Waals surface area contributed by atoms with E-state index in [2.05, 4.69) is 10.3 Å². The van der Waals surface area contributed by atoms with Gasteiger partial charge in [0.1, 0.15) is 5.69 Å². The Hall–Kier alpha value is -1.73. The predicted octanol–water partition coefficient (Wildman–Crippen LogP) is 0.663. The third kappa shape index (κ3) is 1.91. The smallest absolute Gasteiger partial charge is 0.268 e. The third-order valence-electron chi connectivity index (χ3n) is 2.63. The molecule has 2 aromatic rings. The number of aliphatic hydroxyl groups excluding tert-OH is 1. The van der Waals surface area contributed by atoms with Crippen LogP contribution >= 0.6 is 11.3 Å². The maximum atomic E-state index is 12.0. The number of rotatable bonds is 4. The number of aryl methyl sites for hydroxylation is 2. The zero-order chi connectivity index (χ0) is 13.3. The Morgan fingerprint density at radius 2 is 2.39 bits per heavy atom. The Bertz CT molecular complexity index is 614. The van der Waals surface area contributed by atoms with Crippen LogP contribution in [0.3, 0.4) is 0 Å². The lowest BCUT2D eigenvalue weighted by atomic mass is 10.2. The number of thiazole rings is 1. The van der Waals surface area contributed by atoms with E-state index >= 15 is 0 Å². The molecule has 0 spiro atoms. The molecule has 0 aromatic carbocycles. The number of carbonyl (C=O) groups is 1. The van der Waals surface area contributed by atoms with E-state index in [0.717, 1.165) is 9.71 Å². The van der Waals surface area contributed by atoms with Gasteiger partial charge in [-0.25, -0.2) is 4.98 Å². The van der Waals surface area contributed by atoms with Crippen molar-refractivity contribution in [2.45, 2.75) is 6.92 Å². The average molecular weight is 266 g/mol. The fourth-order valence-electron chi connectivity index (χ4n) is 1.87. The maximum Gasteiger partial charge on any atom is 0.268 e. The van der Waals surface area contributed by atoms with E-state index in [0.29, 0.717) is 16.9 Å². The van der Waals surface area contributed by atoms with Gasteiger partial charge in [0, 0.05) is 25.4 Å². The molecule has 2 aromatic heterocycles. The Morgan fingerprint density at radius 3 is 3.00 bits per heavy atom. The van der Waals surface area contributed by atoms with Crippen molar-refractivity contribution in [1.29, 1.82) is 5.41 Å². The highest BCUT2D eigenvalue weighted by molar-refractivity contribution is 7.18. The molecule has 2 heterocycles. The second-order valence-corrected chi connectivity index (χ2v) is 5.03. The molecule has 1 amide bonds. The largest absolute Gasteiger partial charge is 0.395 e. The van der Waals surface area contributed by atoms with Crippen molar-refractivity contribution in [2.24, 2.45) is 7.05 Å². The van der Waals surface area contributed by atoms with E-state index in [1.54, 1.807) is 11.6 Å². The molecule has 0 aliphatic carbocycles. The predicted molar refractivity (Wildman–Crippen MR) is 70.6 cm³/mol. The Kier molecular flexibility index (Phi) is 3.44. The van der Waals surface area contributed by atoms with E-state index < -0.39 is 0 Å². The molecular weight excluding hydrogens is 252 g/mol. The minimum absolute atomic E-state index is 0.109. The standard InChI is InChI=1S/C11H14N4O2S/c1-6-14-10-9(18-6)7(5-12)8(15(10)2)11(17)13-3-4-16/h5,12,16H,3-4H2,1-2H3,(H,13,17). The van der Waals surface area contributed by atoms with Gasteiger partial charge in [-0.05, 0) is 6.92 Å². The molecule has 96 valence electrons. The number of fused-ring (bicyclic) bond motifs is 1. The zero-order valence-corrected chi connectivity index (χ0v) is 11.0. The highest BCUT2D eigenvalue weighted by atomic mass is 32.1. The lowest BCUT2D eigenvalue weighted by molar-refractivity contribution is 0.0937. The summed E-state index contributed by atoms with van der Waals surface area (Å²) in [5.41, 5.74) is 1.70. The summed E-state index contributed by atoms with van der Waals surface area (Å²) in [5, 5.41) is 19.7. The van der Waals surface area contributed by atoms with Crippen molar-refractivity contribution in [1.82, 2.24) is 14.9 Å². The summed E-state index contributed by atoms with van der Waals surface area (Å²) >= 11 is 1.47. The van der Waals surface area contributed by atoms with Gasteiger partial charge in [0.25, 0.3) is 5.91 Å². The SMILES string of the molecule is Cc1nc2c(s1)c(C=N)c(C(=O)NCCO)n2C. The minimum atomic E-state index is -0.298. The van der Waals surface area contributed by atoms with E-state index in [-0.39, 0.29) is 19.1 Å². The summed E-state index contributed by atoms with van der Waals surface area (Å²) in [5.74, 6) is -0.298. The van der Waals surface area contributed by atoms with Crippen LogP contribution in [0.5, 0.6) is 0 Å². The molecule has 0 saturated heterocycles. The first-order valence-electron chi connectivity index (χ1n) is 5.45. The van der Waals surface area contributed by atoms with Crippen LogP contribution in [0.25, 0.3) is 10.3 Å². The van der Waals surface area contributed by atoms with E-state index in [1.807, 2.05) is 6.92 Å². The molecule has 0 bridgehead atoms. The van der Waals surface area contributed by atoms with Crippen LogP contribution in [0.15, 0.2) is 0 Å². The van der Waals surface area contributed by atoms with Gasteiger partial charge >= 0.3 is 0 Å². The Labute approximate surface area is 108 Å². The number of nitrogens with one attached hydrogen (secondary N) is 2. The number of aliphatic hydroxyl groups is 1. The molecule has 0 radical (unpaired) electrons. The van der Waals surface area contributed by atoms with E-state index in [9.17, 15) is 4.79 Å². The first-order chi connectivity index (χ1) is 8.60. The van der Waals surface area contributed by atoms with Crippen LogP contribution < -0.4 is 5.32 Å². The lowest BCUT2D eigenvalue weighted by Gasteiger charge is -2.05. The summed E-state index contributed by atoms with van der Waals surface area (Å²) in [6.45, 7) is 1.98. The summed E-state index contributed by atoms with van der Waals surface area (Å²) in [6, 6.07) is 0. The normalized spacial score (nSPS) is 10.8. The third-order valence-corrected chi connectivity index (χ3v) is 3.62. The summed E-state index contributed by atoms with van der Waals surface area (Å²) in [7, 11) is 1.75. The molecular formula is C11H14N4O2S. The fraction of sp³-hybridized carbons (Fsp3) is 0.364. The van der Waals surface area contributed by atoms with E-state index in [1.165, 1.54) is 17.6 Å². The number of hydrogen-bond acceptors (Lipinski definition) is 5. The van der Waals surface area contributed by atoms with Crippen molar-refractivity contribution in [3.63, 3.8) is 0 Å². The molecule has 0 atom stereocenters. The highest BCUT2D eigenvalue weighted by Gasteiger charge is 2.22. The van der Waals surface area contributed by atoms with Crippen molar-refractivity contribution in [3.05, 3.63) is 16.3 Å². The number of nitrogens with zero attached hydrogens (tertiary/aromatic N) is 2. The van der Waals surface area contributed by atoms with Gasteiger partial charge in [-0.2, -0.15) is 0 Å². The van der Waals surface area contributed by atoms with Gasteiger partial charge < -0.3 is 20.4 Å². The van der Waals surface area contributed by atoms with Crippen molar-refractivity contribution >= 4 is 33.8 Å². The fourth-order valence-corrected chi connectivity index (χ4v) is 2.84. The molecule has 3 N–H and O–H groups in total. The molecule has 0 aliphatic heterocycles. The number of aromatic nitrogens is 2.